The molecule has 37 heavy (non-hydrogen) atoms. The van der Waals surface area contributed by atoms with E-state index in [4.69, 9.17) is 4.74 Å². The first-order chi connectivity index (χ1) is 17.9. The molecule has 3 aromatic rings. The van der Waals surface area contributed by atoms with E-state index in [-0.39, 0.29) is 28.9 Å². The average molecular weight is 501 g/mol. The monoisotopic (exact) mass is 500 g/mol. The average Bonchev–Trinajstić information content (AvgIpc) is 3.34. The fourth-order valence-corrected chi connectivity index (χ4v) is 6.13. The number of benzene rings is 2. The van der Waals surface area contributed by atoms with Gasteiger partial charge in [0.2, 0.25) is 0 Å². The standard InChI is InChI=1S/C29H29FN4O3/c30-22-16-20-18-34(19-25(20)31-17-22)26(35)32-23-8-6-21(7-9-23)28-10-13-29(14-11-28,15-12-28)33-27(36)37-24-4-2-1-3-5-24/h1-9,16-17H,10-15,18-19H2,(H,32,35)(H,33,36). The molecule has 2 heterocycles. The lowest BCUT2D eigenvalue weighted by Crippen LogP contribution is -2.58. The van der Waals surface area contributed by atoms with E-state index < -0.39 is 0 Å². The number of amides is 3. The Bertz CT molecular complexity index is 1300. The van der Waals surface area contributed by atoms with Crippen molar-refractivity contribution in [2.75, 3.05) is 5.32 Å². The van der Waals surface area contributed by atoms with E-state index in [0.29, 0.717) is 18.8 Å². The number of aromatic nitrogens is 1. The first-order valence-corrected chi connectivity index (χ1v) is 12.8. The Morgan fingerprint density at radius 2 is 1.62 bits per heavy atom. The number of hydrogen-bond donors (Lipinski definition) is 2. The van der Waals surface area contributed by atoms with Crippen LogP contribution in [0.1, 0.15) is 55.3 Å². The zero-order valence-corrected chi connectivity index (χ0v) is 20.5. The third kappa shape index (κ3) is 4.63. The van der Waals surface area contributed by atoms with Gasteiger partial charge in [0.15, 0.2) is 0 Å². The maximum atomic E-state index is 13.4. The van der Waals surface area contributed by atoms with E-state index in [0.717, 1.165) is 55.5 Å². The minimum atomic E-state index is -0.387. The number of para-hydroxylation sites is 1. The number of rotatable bonds is 4. The molecule has 0 unspecified atom stereocenters. The van der Waals surface area contributed by atoms with Gasteiger partial charge in [0.1, 0.15) is 11.6 Å². The molecule has 0 atom stereocenters. The normalized spacial score (nSPS) is 23.9. The summed E-state index contributed by atoms with van der Waals surface area (Å²) in [6.45, 7) is 0.721. The van der Waals surface area contributed by atoms with Crippen LogP contribution in [0.2, 0.25) is 0 Å². The summed E-state index contributed by atoms with van der Waals surface area (Å²) in [7, 11) is 0. The van der Waals surface area contributed by atoms with Crippen molar-refractivity contribution in [2.24, 2.45) is 0 Å². The summed E-state index contributed by atoms with van der Waals surface area (Å²) in [5.41, 5.74) is 3.39. The van der Waals surface area contributed by atoms with Crippen molar-refractivity contribution < 1.29 is 18.7 Å². The van der Waals surface area contributed by atoms with E-state index >= 15 is 0 Å². The Morgan fingerprint density at radius 1 is 0.919 bits per heavy atom. The number of nitrogens with zero attached hydrogens (tertiary/aromatic N) is 2. The maximum Gasteiger partial charge on any atom is 0.413 e. The van der Waals surface area contributed by atoms with E-state index in [1.54, 1.807) is 17.0 Å². The molecule has 7 nitrogen and oxygen atoms in total. The topological polar surface area (TPSA) is 83.6 Å². The van der Waals surface area contributed by atoms with E-state index in [1.165, 1.54) is 17.8 Å². The van der Waals surface area contributed by atoms with Gasteiger partial charge in [-0.25, -0.2) is 14.0 Å². The fraction of sp³-hybridized carbons (Fsp3) is 0.345. The van der Waals surface area contributed by atoms with Gasteiger partial charge >= 0.3 is 12.1 Å². The van der Waals surface area contributed by atoms with Crippen molar-refractivity contribution in [3.63, 3.8) is 0 Å². The number of halogens is 1. The lowest BCUT2D eigenvalue weighted by atomic mass is 9.55. The van der Waals surface area contributed by atoms with Crippen LogP contribution in [0, 0.1) is 5.82 Å². The molecule has 1 aliphatic heterocycles. The van der Waals surface area contributed by atoms with Crippen LogP contribution in [0.15, 0.2) is 66.9 Å². The van der Waals surface area contributed by atoms with Crippen LogP contribution in [0.25, 0.3) is 0 Å². The Hall–Kier alpha value is -3.94. The predicted octanol–water partition coefficient (Wildman–Crippen LogP) is 5.90. The number of ether oxygens (including phenoxy) is 1. The molecule has 0 saturated heterocycles. The van der Waals surface area contributed by atoms with Gasteiger partial charge in [-0.3, -0.25) is 4.98 Å². The molecule has 2 N–H and O–H groups in total. The minimum Gasteiger partial charge on any atom is -0.410 e. The molecule has 1 aromatic heterocycles. The highest BCUT2D eigenvalue weighted by Crippen LogP contribution is 2.53. The number of fused-ring (bicyclic) bond motifs is 4. The Balaban J connectivity index is 1.05. The lowest BCUT2D eigenvalue weighted by Gasteiger charge is -2.53. The van der Waals surface area contributed by atoms with Crippen molar-refractivity contribution >= 4 is 17.8 Å². The maximum absolute atomic E-state index is 13.4. The molecule has 190 valence electrons. The first-order valence-electron chi connectivity index (χ1n) is 12.8. The van der Waals surface area contributed by atoms with Gasteiger partial charge in [-0.2, -0.15) is 0 Å². The summed E-state index contributed by atoms with van der Waals surface area (Å²) < 4.78 is 18.9. The lowest BCUT2D eigenvalue weighted by molar-refractivity contribution is 0.0763. The fourth-order valence-electron chi connectivity index (χ4n) is 6.13. The second kappa shape index (κ2) is 9.18. The van der Waals surface area contributed by atoms with E-state index in [1.807, 2.05) is 30.3 Å². The third-order valence-electron chi connectivity index (χ3n) is 8.33. The van der Waals surface area contributed by atoms with Crippen molar-refractivity contribution in [2.45, 2.75) is 62.6 Å². The second-order valence-electron chi connectivity index (χ2n) is 10.5. The Morgan fingerprint density at radius 3 is 2.32 bits per heavy atom. The van der Waals surface area contributed by atoms with Crippen molar-refractivity contribution in [3.05, 3.63) is 89.5 Å². The highest BCUT2D eigenvalue weighted by molar-refractivity contribution is 5.89. The molecule has 3 amide bonds. The number of hydrogen-bond acceptors (Lipinski definition) is 4. The van der Waals surface area contributed by atoms with Gasteiger partial charge in [0, 0.05) is 17.8 Å². The molecule has 2 bridgehead atoms. The number of anilines is 1. The molecule has 3 fully saturated rings. The summed E-state index contributed by atoms with van der Waals surface area (Å²) >= 11 is 0. The largest absolute Gasteiger partial charge is 0.413 e. The Labute approximate surface area is 215 Å². The molecule has 7 rings (SSSR count). The first kappa shape index (κ1) is 23.5. The molecule has 4 aliphatic rings. The third-order valence-corrected chi connectivity index (χ3v) is 8.33. The summed E-state index contributed by atoms with van der Waals surface area (Å²) in [6, 6.07) is 18.5. The van der Waals surface area contributed by atoms with E-state index in [2.05, 4.69) is 27.8 Å². The number of nitrogens with one attached hydrogen (secondary N) is 2. The van der Waals surface area contributed by atoms with Crippen LogP contribution < -0.4 is 15.4 Å². The minimum absolute atomic E-state index is 0.0989. The van der Waals surface area contributed by atoms with Crippen molar-refractivity contribution in [1.82, 2.24) is 15.2 Å². The molecule has 0 radical (unpaired) electrons. The van der Waals surface area contributed by atoms with Gasteiger partial charge < -0.3 is 20.3 Å². The van der Waals surface area contributed by atoms with Crippen LogP contribution in [0.4, 0.5) is 19.7 Å². The summed E-state index contributed by atoms with van der Waals surface area (Å²) in [4.78, 5) is 31.0. The number of urea groups is 1. The smallest absolute Gasteiger partial charge is 0.410 e. The number of carbonyl (C=O) groups is 2. The van der Waals surface area contributed by atoms with Crippen molar-refractivity contribution in [3.8, 4) is 5.75 Å². The van der Waals surface area contributed by atoms with Gasteiger partial charge in [-0.05, 0) is 85.4 Å². The highest BCUT2D eigenvalue weighted by Gasteiger charge is 2.50. The van der Waals surface area contributed by atoms with Crippen LogP contribution in [0.5, 0.6) is 5.75 Å². The summed E-state index contributed by atoms with van der Waals surface area (Å²) in [5.74, 6) is 0.158. The summed E-state index contributed by atoms with van der Waals surface area (Å²) in [5, 5.41) is 6.12. The highest BCUT2D eigenvalue weighted by atomic mass is 19.1. The van der Waals surface area contributed by atoms with Gasteiger partial charge in [-0.15, -0.1) is 0 Å². The van der Waals surface area contributed by atoms with Crippen LogP contribution in [0.3, 0.4) is 0 Å². The van der Waals surface area contributed by atoms with Crippen LogP contribution in [-0.2, 0) is 18.5 Å². The molecular formula is C29H29FN4O3. The van der Waals surface area contributed by atoms with Gasteiger partial charge in [-0.1, -0.05) is 30.3 Å². The molecule has 0 spiro atoms. The second-order valence-corrected chi connectivity index (χ2v) is 10.5. The molecule has 2 aromatic carbocycles. The van der Waals surface area contributed by atoms with Crippen molar-refractivity contribution in [1.29, 1.82) is 0 Å². The quantitative estimate of drug-likeness (QED) is 0.467. The molecule has 3 saturated carbocycles. The summed E-state index contributed by atoms with van der Waals surface area (Å²) in [6.07, 6.45) is 6.55. The van der Waals surface area contributed by atoms with E-state index in [9.17, 15) is 14.0 Å². The zero-order chi connectivity index (χ0) is 25.5. The SMILES string of the molecule is O=C(NC12CCC(c3ccc(NC(=O)N4Cc5cc(F)cnc5C4)cc3)(CC1)CC2)Oc1ccccc1. The number of pyridine rings is 1. The van der Waals surface area contributed by atoms with Crippen LogP contribution >= 0.6 is 0 Å². The van der Waals surface area contributed by atoms with Gasteiger partial charge in [0.25, 0.3) is 0 Å². The molecule has 8 heteroatoms. The molecule has 3 aliphatic carbocycles. The Kier molecular flexibility index (Phi) is 5.82. The zero-order valence-electron chi connectivity index (χ0n) is 20.5. The predicted molar refractivity (Wildman–Crippen MR) is 137 cm³/mol. The molecular weight excluding hydrogens is 471 g/mol. The van der Waals surface area contributed by atoms with Crippen LogP contribution in [-0.4, -0.2) is 27.5 Å². The van der Waals surface area contributed by atoms with Gasteiger partial charge in [0.05, 0.1) is 18.4 Å². The number of carbonyl (C=O) groups excluding carboxylic acids is 2.